The van der Waals surface area contributed by atoms with E-state index >= 15 is 0 Å². The van der Waals surface area contributed by atoms with E-state index in [1.807, 2.05) is 0 Å². The third kappa shape index (κ3) is 2.86. The van der Waals surface area contributed by atoms with Gasteiger partial charge in [0.15, 0.2) is 6.29 Å². The first-order valence-corrected chi connectivity index (χ1v) is 5.60. The average Bonchev–Trinajstić information content (AvgIpc) is 2.69. The highest BCUT2D eigenvalue weighted by atomic mass is 16.7. The van der Waals surface area contributed by atoms with Crippen LogP contribution < -0.4 is 0 Å². The molecular weight excluding hydrogens is 230 g/mol. The summed E-state index contributed by atoms with van der Waals surface area (Å²) in [6, 6.07) is -0.578. The van der Waals surface area contributed by atoms with Crippen molar-refractivity contribution < 1.29 is 28.9 Å². The van der Waals surface area contributed by atoms with Gasteiger partial charge in [0.25, 0.3) is 0 Å². The normalized spacial score (nSPS) is 29.2. The van der Waals surface area contributed by atoms with E-state index in [-0.39, 0.29) is 19.5 Å². The summed E-state index contributed by atoms with van der Waals surface area (Å²) in [4.78, 5) is 22.6. The minimum atomic E-state index is -1.31. The van der Waals surface area contributed by atoms with E-state index in [0.717, 1.165) is 19.3 Å². The highest BCUT2D eigenvalue weighted by Crippen LogP contribution is 2.17. The molecule has 1 N–H and O–H groups in total. The standard InChI is InChI=1S/C10H15NO6/c12-9(13)11-7(6-17-10(11)14)5-16-8-3-1-2-4-15-8/h7-8H,1-6H2,(H,12,13). The van der Waals surface area contributed by atoms with Gasteiger partial charge < -0.3 is 19.3 Å². The molecular formula is C10H15NO6. The Morgan fingerprint density at radius 3 is 3.00 bits per heavy atom. The van der Waals surface area contributed by atoms with Gasteiger partial charge in [-0.05, 0) is 19.3 Å². The first kappa shape index (κ1) is 12.1. The van der Waals surface area contributed by atoms with E-state index in [1.54, 1.807) is 0 Å². The van der Waals surface area contributed by atoms with E-state index in [4.69, 9.17) is 14.6 Å². The molecule has 2 unspecified atom stereocenters. The summed E-state index contributed by atoms with van der Waals surface area (Å²) in [7, 11) is 0. The molecule has 0 aliphatic carbocycles. The molecule has 2 atom stereocenters. The molecule has 0 saturated carbocycles. The van der Waals surface area contributed by atoms with Gasteiger partial charge in [-0.25, -0.2) is 14.5 Å². The molecule has 2 fully saturated rings. The molecule has 2 aliphatic rings. The maximum atomic E-state index is 11.1. The van der Waals surface area contributed by atoms with Crippen LogP contribution in [0.25, 0.3) is 0 Å². The molecule has 0 aromatic heterocycles. The first-order chi connectivity index (χ1) is 8.18. The van der Waals surface area contributed by atoms with Crippen molar-refractivity contribution in [3.8, 4) is 0 Å². The zero-order valence-corrected chi connectivity index (χ0v) is 9.33. The Labute approximate surface area is 98.2 Å². The van der Waals surface area contributed by atoms with Gasteiger partial charge in [-0.1, -0.05) is 0 Å². The van der Waals surface area contributed by atoms with Gasteiger partial charge in [-0.2, -0.15) is 0 Å². The van der Waals surface area contributed by atoms with Crippen LogP contribution in [0.4, 0.5) is 9.59 Å². The van der Waals surface area contributed by atoms with Crippen molar-refractivity contribution in [2.75, 3.05) is 19.8 Å². The molecule has 0 spiro atoms. The zero-order valence-electron chi connectivity index (χ0n) is 9.33. The SMILES string of the molecule is O=C(O)N1C(=O)OCC1COC1CCCCO1. The van der Waals surface area contributed by atoms with Gasteiger partial charge in [0, 0.05) is 6.61 Å². The summed E-state index contributed by atoms with van der Waals surface area (Å²) in [5.74, 6) is 0. The second-order valence-corrected chi connectivity index (χ2v) is 4.01. The van der Waals surface area contributed by atoms with Crippen molar-refractivity contribution in [1.82, 2.24) is 4.90 Å². The maximum absolute atomic E-state index is 11.1. The Balaban J connectivity index is 1.81. The van der Waals surface area contributed by atoms with E-state index in [1.165, 1.54) is 0 Å². The van der Waals surface area contributed by atoms with Crippen LogP contribution in [0.2, 0.25) is 0 Å². The zero-order chi connectivity index (χ0) is 12.3. The van der Waals surface area contributed by atoms with Crippen molar-refractivity contribution in [3.05, 3.63) is 0 Å². The van der Waals surface area contributed by atoms with Crippen LogP contribution in [0.1, 0.15) is 19.3 Å². The molecule has 0 aromatic rings. The van der Waals surface area contributed by atoms with Crippen molar-refractivity contribution in [2.45, 2.75) is 31.6 Å². The minimum Gasteiger partial charge on any atom is -0.465 e. The molecule has 2 amide bonds. The number of nitrogens with zero attached hydrogens (tertiary/aromatic N) is 1. The highest BCUT2D eigenvalue weighted by molar-refractivity contribution is 5.88. The van der Waals surface area contributed by atoms with Crippen molar-refractivity contribution in [1.29, 1.82) is 0 Å². The Morgan fingerprint density at radius 2 is 2.35 bits per heavy atom. The summed E-state index contributed by atoms with van der Waals surface area (Å²) in [5, 5.41) is 8.83. The fourth-order valence-corrected chi connectivity index (χ4v) is 1.88. The maximum Gasteiger partial charge on any atom is 0.419 e. The third-order valence-corrected chi connectivity index (χ3v) is 2.78. The predicted octanol–water partition coefficient (Wildman–Crippen LogP) is 1.03. The largest absolute Gasteiger partial charge is 0.465 e. The molecule has 0 aromatic carbocycles. The van der Waals surface area contributed by atoms with Crippen LogP contribution in [0.3, 0.4) is 0 Å². The Bertz CT molecular complexity index is 301. The monoisotopic (exact) mass is 245 g/mol. The van der Waals surface area contributed by atoms with E-state index < -0.39 is 18.2 Å². The van der Waals surface area contributed by atoms with Crippen LogP contribution in [-0.2, 0) is 14.2 Å². The summed E-state index contributed by atoms with van der Waals surface area (Å²) in [6.45, 7) is 0.813. The number of amides is 2. The number of carboxylic acid groups (broad SMARTS) is 1. The number of hydrogen-bond donors (Lipinski definition) is 1. The Hall–Kier alpha value is -1.34. The molecule has 17 heavy (non-hydrogen) atoms. The number of carbonyl (C=O) groups is 2. The number of carbonyl (C=O) groups excluding carboxylic acids is 1. The molecule has 2 rings (SSSR count). The lowest BCUT2D eigenvalue weighted by molar-refractivity contribution is -0.167. The molecule has 2 heterocycles. The van der Waals surface area contributed by atoms with Crippen LogP contribution >= 0.6 is 0 Å². The second kappa shape index (κ2) is 5.33. The van der Waals surface area contributed by atoms with E-state index in [0.29, 0.717) is 11.5 Å². The number of hydrogen-bond acceptors (Lipinski definition) is 5. The molecule has 2 saturated heterocycles. The summed E-state index contributed by atoms with van der Waals surface area (Å²) in [6.07, 6.45) is 0.408. The molecule has 0 radical (unpaired) electrons. The fourth-order valence-electron chi connectivity index (χ4n) is 1.88. The lowest BCUT2D eigenvalue weighted by atomic mass is 10.2. The first-order valence-electron chi connectivity index (χ1n) is 5.60. The van der Waals surface area contributed by atoms with Gasteiger partial charge in [0.05, 0.1) is 6.61 Å². The van der Waals surface area contributed by atoms with Crippen molar-refractivity contribution in [3.63, 3.8) is 0 Å². The molecule has 2 aliphatic heterocycles. The number of cyclic esters (lactones) is 1. The number of rotatable bonds is 3. The highest BCUT2D eigenvalue weighted by Gasteiger charge is 2.38. The van der Waals surface area contributed by atoms with Gasteiger partial charge in [-0.3, -0.25) is 0 Å². The summed E-state index contributed by atoms with van der Waals surface area (Å²) < 4.78 is 15.4. The third-order valence-electron chi connectivity index (χ3n) is 2.78. The van der Waals surface area contributed by atoms with Gasteiger partial charge in [0.2, 0.25) is 0 Å². The molecule has 7 nitrogen and oxygen atoms in total. The van der Waals surface area contributed by atoms with Crippen LogP contribution in [0, 0.1) is 0 Å². The van der Waals surface area contributed by atoms with Crippen LogP contribution in [0.15, 0.2) is 0 Å². The predicted molar refractivity (Wildman–Crippen MR) is 54.5 cm³/mol. The van der Waals surface area contributed by atoms with Crippen LogP contribution in [-0.4, -0.2) is 54.3 Å². The lowest BCUT2D eigenvalue weighted by Crippen LogP contribution is -2.41. The van der Waals surface area contributed by atoms with Gasteiger partial charge in [-0.15, -0.1) is 0 Å². The smallest absolute Gasteiger partial charge is 0.419 e. The number of ether oxygens (including phenoxy) is 3. The fraction of sp³-hybridized carbons (Fsp3) is 0.800. The molecule has 7 heteroatoms. The number of imide groups is 1. The second-order valence-electron chi connectivity index (χ2n) is 4.01. The quantitative estimate of drug-likeness (QED) is 0.799. The van der Waals surface area contributed by atoms with Crippen molar-refractivity contribution >= 4 is 12.2 Å². The summed E-state index contributed by atoms with van der Waals surface area (Å²) in [5.41, 5.74) is 0. The minimum absolute atomic E-state index is 0.0395. The summed E-state index contributed by atoms with van der Waals surface area (Å²) >= 11 is 0. The van der Waals surface area contributed by atoms with Gasteiger partial charge >= 0.3 is 12.2 Å². The Kier molecular flexibility index (Phi) is 3.80. The lowest BCUT2D eigenvalue weighted by Gasteiger charge is -2.24. The molecule has 96 valence electrons. The van der Waals surface area contributed by atoms with Crippen LogP contribution in [0.5, 0.6) is 0 Å². The van der Waals surface area contributed by atoms with Crippen molar-refractivity contribution in [2.24, 2.45) is 0 Å². The van der Waals surface area contributed by atoms with E-state index in [9.17, 15) is 9.59 Å². The van der Waals surface area contributed by atoms with E-state index in [2.05, 4.69) is 4.74 Å². The molecule has 0 bridgehead atoms. The van der Waals surface area contributed by atoms with Gasteiger partial charge in [0.1, 0.15) is 12.6 Å². The Morgan fingerprint density at radius 1 is 1.53 bits per heavy atom. The topological polar surface area (TPSA) is 85.3 Å². The average molecular weight is 245 g/mol.